The minimum Gasteiger partial charge on any atom is -0.462 e. The second kappa shape index (κ2) is 4.72. The standard InChI is InChI=1S/C11H11F3N2OS/c1-6(2)17-10-15-8-4-3-7(11(12,13)14)5-9(8)18-16-10/h3-6H,1-2H3,(H,15,16). The summed E-state index contributed by atoms with van der Waals surface area (Å²) in [6, 6.07) is 3.74. The van der Waals surface area contributed by atoms with E-state index in [1.165, 1.54) is 6.07 Å². The van der Waals surface area contributed by atoms with Gasteiger partial charge in [0, 0.05) is 0 Å². The Morgan fingerprint density at radius 2 is 2.06 bits per heavy atom. The van der Waals surface area contributed by atoms with Crippen LogP contribution in [0.2, 0.25) is 0 Å². The molecule has 0 aliphatic carbocycles. The summed E-state index contributed by atoms with van der Waals surface area (Å²) in [5, 5.41) is 0. The highest BCUT2D eigenvalue weighted by atomic mass is 32.2. The van der Waals surface area contributed by atoms with Crippen LogP contribution in [0.4, 0.5) is 18.9 Å². The molecule has 1 aromatic rings. The van der Waals surface area contributed by atoms with Crippen LogP contribution in [-0.4, -0.2) is 12.1 Å². The van der Waals surface area contributed by atoms with Crippen LogP contribution in [0.15, 0.2) is 28.1 Å². The number of hydrogen-bond acceptors (Lipinski definition) is 4. The van der Waals surface area contributed by atoms with Crippen molar-refractivity contribution in [2.75, 3.05) is 0 Å². The molecule has 1 N–H and O–H groups in total. The summed E-state index contributed by atoms with van der Waals surface area (Å²) in [6.45, 7) is 3.69. The molecule has 0 aromatic heterocycles. The summed E-state index contributed by atoms with van der Waals surface area (Å²) in [5.74, 6) is 0. The molecule has 2 rings (SSSR count). The third kappa shape index (κ3) is 2.90. The highest BCUT2D eigenvalue weighted by Gasteiger charge is 2.31. The Morgan fingerprint density at radius 3 is 2.67 bits per heavy atom. The van der Waals surface area contributed by atoms with Crippen LogP contribution in [0.25, 0.3) is 0 Å². The number of fused-ring (bicyclic) bond motifs is 1. The van der Waals surface area contributed by atoms with Crippen LogP contribution < -0.4 is 4.72 Å². The van der Waals surface area contributed by atoms with E-state index in [0.29, 0.717) is 16.6 Å². The van der Waals surface area contributed by atoms with E-state index in [-0.39, 0.29) is 6.10 Å². The minimum atomic E-state index is -4.34. The molecule has 3 nitrogen and oxygen atoms in total. The largest absolute Gasteiger partial charge is 0.462 e. The molecule has 0 bridgehead atoms. The summed E-state index contributed by atoms with van der Waals surface area (Å²) in [5.41, 5.74) is -0.207. The van der Waals surface area contributed by atoms with Gasteiger partial charge in [-0.05, 0) is 44.0 Å². The lowest BCUT2D eigenvalue weighted by molar-refractivity contribution is -0.137. The van der Waals surface area contributed by atoms with Gasteiger partial charge in [0.05, 0.1) is 22.3 Å². The summed E-state index contributed by atoms with van der Waals surface area (Å²) < 4.78 is 45.7. The number of aliphatic imine (C=N–C) groups is 1. The summed E-state index contributed by atoms with van der Waals surface area (Å²) in [7, 11) is 0. The molecule has 0 saturated heterocycles. The van der Waals surface area contributed by atoms with E-state index in [4.69, 9.17) is 4.74 Å². The number of halogens is 3. The monoisotopic (exact) mass is 276 g/mol. The molecule has 1 aliphatic rings. The van der Waals surface area contributed by atoms with Crippen molar-refractivity contribution in [2.45, 2.75) is 31.0 Å². The molecule has 0 spiro atoms. The maximum atomic E-state index is 12.5. The molecule has 98 valence electrons. The van der Waals surface area contributed by atoms with Gasteiger partial charge in [0.2, 0.25) is 0 Å². The lowest BCUT2D eigenvalue weighted by Gasteiger charge is -2.19. The van der Waals surface area contributed by atoms with E-state index >= 15 is 0 Å². The van der Waals surface area contributed by atoms with E-state index in [1.807, 2.05) is 13.8 Å². The maximum Gasteiger partial charge on any atom is 0.416 e. The van der Waals surface area contributed by atoms with Crippen LogP contribution in [0.3, 0.4) is 0 Å². The van der Waals surface area contributed by atoms with Crippen molar-refractivity contribution in [3.63, 3.8) is 0 Å². The Bertz CT molecular complexity index is 486. The topological polar surface area (TPSA) is 33.6 Å². The Balaban J connectivity index is 2.28. The second-order valence-electron chi connectivity index (χ2n) is 3.97. The van der Waals surface area contributed by atoms with Crippen molar-refractivity contribution in [3.05, 3.63) is 23.8 Å². The fourth-order valence-corrected chi connectivity index (χ4v) is 2.06. The summed E-state index contributed by atoms with van der Waals surface area (Å²) >= 11 is 1.06. The number of ether oxygens (including phenoxy) is 1. The average molecular weight is 276 g/mol. The molecular weight excluding hydrogens is 265 g/mol. The Morgan fingerprint density at radius 1 is 1.33 bits per heavy atom. The zero-order chi connectivity index (χ0) is 13.3. The minimum absolute atomic E-state index is 0.0483. The number of nitrogens with zero attached hydrogens (tertiary/aromatic N) is 1. The predicted octanol–water partition coefficient (Wildman–Crippen LogP) is 3.73. The normalized spacial score (nSPS) is 14.9. The van der Waals surface area contributed by atoms with Gasteiger partial charge in [0.25, 0.3) is 0 Å². The first-order valence-electron chi connectivity index (χ1n) is 5.25. The van der Waals surface area contributed by atoms with E-state index in [9.17, 15) is 13.2 Å². The average Bonchev–Trinajstić information content (AvgIpc) is 2.26. The van der Waals surface area contributed by atoms with Crippen LogP contribution in [0.1, 0.15) is 19.4 Å². The third-order valence-electron chi connectivity index (χ3n) is 2.10. The predicted molar refractivity (Wildman–Crippen MR) is 63.8 cm³/mol. The quantitative estimate of drug-likeness (QED) is 0.793. The lowest BCUT2D eigenvalue weighted by Crippen LogP contribution is -2.25. The van der Waals surface area contributed by atoms with E-state index in [1.54, 1.807) is 0 Å². The lowest BCUT2D eigenvalue weighted by atomic mass is 10.2. The molecule has 1 aromatic carbocycles. The van der Waals surface area contributed by atoms with Gasteiger partial charge in [-0.15, -0.1) is 0 Å². The molecule has 0 radical (unpaired) electrons. The smallest absolute Gasteiger partial charge is 0.416 e. The van der Waals surface area contributed by atoms with Crippen LogP contribution in [-0.2, 0) is 10.9 Å². The van der Waals surface area contributed by atoms with Gasteiger partial charge in [-0.2, -0.15) is 18.2 Å². The number of nitrogens with one attached hydrogen (secondary N) is 1. The molecule has 1 aliphatic heterocycles. The van der Waals surface area contributed by atoms with Crippen molar-refractivity contribution in [1.82, 2.24) is 4.72 Å². The Hall–Kier alpha value is -1.37. The molecule has 0 amide bonds. The van der Waals surface area contributed by atoms with Gasteiger partial charge in [-0.3, -0.25) is 4.72 Å². The van der Waals surface area contributed by atoms with Crippen molar-refractivity contribution in [3.8, 4) is 0 Å². The first kappa shape index (κ1) is 13.1. The van der Waals surface area contributed by atoms with E-state index < -0.39 is 11.7 Å². The summed E-state index contributed by atoms with van der Waals surface area (Å²) in [4.78, 5) is 4.54. The molecule has 0 unspecified atom stereocenters. The van der Waals surface area contributed by atoms with E-state index in [0.717, 1.165) is 24.1 Å². The fourth-order valence-electron chi connectivity index (χ4n) is 1.37. The molecule has 0 atom stereocenters. The van der Waals surface area contributed by atoms with Crippen molar-refractivity contribution >= 4 is 23.7 Å². The van der Waals surface area contributed by atoms with Gasteiger partial charge in [0.1, 0.15) is 0 Å². The zero-order valence-electron chi connectivity index (χ0n) is 9.71. The first-order valence-corrected chi connectivity index (χ1v) is 6.07. The number of amidine groups is 1. The summed E-state index contributed by atoms with van der Waals surface area (Å²) in [6.07, 6.45) is -4.39. The first-order chi connectivity index (χ1) is 8.36. The van der Waals surface area contributed by atoms with Gasteiger partial charge >= 0.3 is 12.2 Å². The van der Waals surface area contributed by atoms with Crippen LogP contribution >= 0.6 is 11.9 Å². The highest BCUT2D eigenvalue weighted by molar-refractivity contribution is 7.98. The van der Waals surface area contributed by atoms with Gasteiger partial charge in [-0.25, -0.2) is 0 Å². The van der Waals surface area contributed by atoms with Gasteiger partial charge in [0.15, 0.2) is 0 Å². The Labute approximate surface area is 107 Å². The highest BCUT2D eigenvalue weighted by Crippen LogP contribution is 2.37. The number of hydrogen-bond donors (Lipinski definition) is 1. The number of rotatable bonds is 1. The van der Waals surface area contributed by atoms with E-state index in [2.05, 4.69) is 9.71 Å². The fraction of sp³-hybridized carbons (Fsp3) is 0.364. The SMILES string of the molecule is CC(C)OC1=Nc2ccc(C(F)(F)F)cc2SN1. The van der Waals surface area contributed by atoms with Crippen LogP contribution in [0.5, 0.6) is 0 Å². The molecular formula is C11H11F3N2OS. The second-order valence-corrected chi connectivity index (χ2v) is 4.82. The van der Waals surface area contributed by atoms with Crippen molar-refractivity contribution < 1.29 is 17.9 Å². The van der Waals surface area contributed by atoms with Gasteiger partial charge in [-0.1, -0.05) is 0 Å². The number of benzene rings is 1. The molecule has 0 saturated carbocycles. The molecule has 1 heterocycles. The third-order valence-corrected chi connectivity index (χ3v) is 2.93. The van der Waals surface area contributed by atoms with Crippen molar-refractivity contribution in [1.29, 1.82) is 0 Å². The molecule has 18 heavy (non-hydrogen) atoms. The molecule has 7 heteroatoms. The molecule has 0 fully saturated rings. The Kier molecular flexibility index (Phi) is 3.43. The number of alkyl halides is 3. The maximum absolute atomic E-state index is 12.5. The zero-order valence-corrected chi connectivity index (χ0v) is 10.5. The van der Waals surface area contributed by atoms with Crippen LogP contribution in [0, 0.1) is 0 Å². The van der Waals surface area contributed by atoms with Crippen molar-refractivity contribution in [2.24, 2.45) is 4.99 Å². The van der Waals surface area contributed by atoms with Gasteiger partial charge < -0.3 is 4.74 Å².